The second-order valence-corrected chi connectivity index (χ2v) is 7.49. The predicted octanol–water partition coefficient (Wildman–Crippen LogP) is 3.49. The highest BCUT2D eigenvalue weighted by Gasteiger charge is 2.41. The topological polar surface area (TPSA) is 50.8 Å². The van der Waals surface area contributed by atoms with Crippen molar-refractivity contribution in [2.24, 2.45) is 5.92 Å². The lowest BCUT2D eigenvalue weighted by Crippen LogP contribution is -2.50. The van der Waals surface area contributed by atoms with Gasteiger partial charge in [0.25, 0.3) is 0 Å². The Hall–Kier alpha value is -0.810. The minimum absolute atomic E-state index is 0.157. The Bertz CT molecular complexity index is 367. The van der Waals surface area contributed by atoms with Crippen LogP contribution < -0.4 is 5.48 Å². The van der Waals surface area contributed by atoms with Gasteiger partial charge >= 0.3 is 6.09 Å². The summed E-state index contributed by atoms with van der Waals surface area (Å²) < 4.78 is 5.59. The fourth-order valence-electron chi connectivity index (χ4n) is 3.74. The molecule has 128 valence electrons. The first-order valence-corrected chi connectivity index (χ1v) is 8.79. The molecule has 5 heteroatoms. The van der Waals surface area contributed by atoms with E-state index >= 15 is 0 Å². The molecule has 5 nitrogen and oxygen atoms in total. The molecule has 22 heavy (non-hydrogen) atoms. The number of amides is 1. The maximum atomic E-state index is 12.5. The molecule has 0 aromatic heterocycles. The third-order valence-electron chi connectivity index (χ3n) is 4.62. The van der Waals surface area contributed by atoms with E-state index in [2.05, 4.69) is 5.48 Å². The maximum Gasteiger partial charge on any atom is 0.410 e. The number of hydrogen-bond acceptors (Lipinski definition) is 4. The first kappa shape index (κ1) is 17.5. The minimum Gasteiger partial charge on any atom is -0.444 e. The number of hydroxylamine groups is 1. The van der Waals surface area contributed by atoms with Gasteiger partial charge in [0, 0.05) is 18.6 Å². The van der Waals surface area contributed by atoms with Crippen LogP contribution in [-0.2, 0) is 9.57 Å². The highest BCUT2D eigenvalue weighted by atomic mass is 16.6. The number of ether oxygens (including phenoxy) is 1. The first-order chi connectivity index (χ1) is 10.4. The van der Waals surface area contributed by atoms with Gasteiger partial charge in [-0.05, 0) is 59.3 Å². The number of likely N-dealkylation sites (tertiary alicyclic amines) is 1. The number of hydrogen-bond donors (Lipinski definition) is 1. The smallest absolute Gasteiger partial charge is 0.410 e. The molecule has 0 bridgehead atoms. The molecule has 2 rings (SSSR count). The minimum atomic E-state index is -0.431. The van der Waals surface area contributed by atoms with E-state index in [0.717, 1.165) is 32.2 Å². The van der Waals surface area contributed by atoms with Crippen LogP contribution in [0.25, 0.3) is 0 Å². The zero-order valence-electron chi connectivity index (χ0n) is 14.6. The molecule has 0 radical (unpaired) electrons. The standard InChI is InChI=1S/C17H32N2O3/c1-5-21-18-14-10-7-6-9-13(14)15-11-8-12-19(15)16(20)22-17(2,3)4/h13-15,18H,5-12H2,1-4H3. The summed E-state index contributed by atoms with van der Waals surface area (Å²) in [6.45, 7) is 9.26. The number of nitrogens with zero attached hydrogens (tertiary/aromatic N) is 1. The summed E-state index contributed by atoms with van der Waals surface area (Å²) in [6, 6.07) is 0.634. The van der Waals surface area contributed by atoms with Gasteiger partial charge in [0.1, 0.15) is 5.60 Å². The van der Waals surface area contributed by atoms with E-state index in [0.29, 0.717) is 18.6 Å². The van der Waals surface area contributed by atoms with Crippen molar-refractivity contribution in [3.05, 3.63) is 0 Å². The van der Waals surface area contributed by atoms with Crippen LogP contribution in [0.4, 0.5) is 4.79 Å². The zero-order chi connectivity index (χ0) is 16.2. The van der Waals surface area contributed by atoms with Crippen LogP contribution in [0.3, 0.4) is 0 Å². The third kappa shape index (κ3) is 4.59. The summed E-state index contributed by atoms with van der Waals surface area (Å²) in [6.07, 6.45) is 6.76. The molecule has 2 fully saturated rings. The molecule has 0 spiro atoms. The van der Waals surface area contributed by atoms with Crippen LogP contribution in [0.2, 0.25) is 0 Å². The van der Waals surface area contributed by atoms with Gasteiger partial charge in [-0.15, -0.1) is 0 Å². The fourth-order valence-corrected chi connectivity index (χ4v) is 3.74. The van der Waals surface area contributed by atoms with Crippen LogP contribution in [0, 0.1) is 5.92 Å². The lowest BCUT2D eigenvalue weighted by Gasteiger charge is -2.39. The highest BCUT2D eigenvalue weighted by molar-refractivity contribution is 5.69. The summed E-state index contributed by atoms with van der Waals surface area (Å²) in [5.41, 5.74) is 2.80. The van der Waals surface area contributed by atoms with Gasteiger partial charge in [0.2, 0.25) is 0 Å². The summed E-state index contributed by atoms with van der Waals surface area (Å²) in [4.78, 5) is 19.9. The van der Waals surface area contributed by atoms with Gasteiger partial charge < -0.3 is 14.5 Å². The zero-order valence-corrected chi connectivity index (χ0v) is 14.6. The Morgan fingerprint density at radius 3 is 2.59 bits per heavy atom. The van der Waals surface area contributed by atoms with E-state index in [9.17, 15) is 4.79 Å². The molecule has 1 amide bonds. The van der Waals surface area contributed by atoms with Crippen molar-refractivity contribution < 1.29 is 14.4 Å². The Kier molecular flexibility index (Phi) is 6.09. The molecule has 3 unspecified atom stereocenters. The SMILES string of the molecule is CCONC1CCCCC1C1CCCN1C(=O)OC(C)(C)C. The third-order valence-corrected chi connectivity index (χ3v) is 4.62. The van der Waals surface area contributed by atoms with Crippen LogP contribution >= 0.6 is 0 Å². The largest absolute Gasteiger partial charge is 0.444 e. The van der Waals surface area contributed by atoms with E-state index < -0.39 is 5.60 Å². The average Bonchev–Trinajstić information content (AvgIpc) is 2.93. The molecule has 1 saturated heterocycles. The molecular formula is C17H32N2O3. The van der Waals surface area contributed by atoms with Gasteiger partial charge in [-0.1, -0.05) is 12.8 Å². The molecule has 3 atom stereocenters. The monoisotopic (exact) mass is 312 g/mol. The van der Waals surface area contributed by atoms with Crippen molar-refractivity contribution in [1.29, 1.82) is 0 Å². The Balaban J connectivity index is 2.02. The number of nitrogens with one attached hydrogen (secondary N) is 1. The van der Waals surface area contributed by atoms with E-state index in [4.69, 9.17) is 9.57 Å². The summed E-state index contributed by atoms with van der Waals surface area (Å²) in [5.74, 6) is 0.468. The number of carbonyl (C=O) groups excluding carboxylic acids is 1. The lowest BCUT2D eigenvalue weighted by molar-refractivity contribution is -0.0232. The molecule has 1 aliphatic carbocycles. The predicted molar refractivity (Wildman–Crippen MR) is 86.5 cm³/mol. The number of carbonyl (C=O) groups is 1. The van der Waals surface area contributed by atoms with Crippen LogP contribution in [-0.4, -0.2) is 41.8 Å². The second kappa shape index (κ2) is 7.64. The Labute approximate surface area is 134 Å². The van der Waals surface area contributed by atoms with Crippen molar-refractivity contribution in [2.75, 3.05) is 13.2 Å². The van der Waals surface area contributed by atoms with Crippen LogP contribution in [0.5, 0.6) is 0 Å². The van der Waals surface area contributed by atoms with Gasteiger partial charge in [-0.25, -0.2) is 4.79 Å². The molecule has 0 aromatic rings. The average molecular weight is 312 g/mol. The molecule has 1 heterocycles. The molecule has 1 aliphatic heterocycles. The van der Waals surface area contributed by atoms with Crippen molar-refractivity contribution >= 4 is 6.09 Å². The van der Waals surface area contributed by atoms with Gasteiger partial charge in [0.05, 0.1) is 6.61 Å². The van der Waals surface area contributed by atoms with Crippen molar-refractivity contribution in [3.8, 4) is 0 Å². The van der Waals surface area contributed by atoms with E-state index in [-0.39, 0.29) is 12.1 Å². The van der Waals surface area contributed by atoms with Gasteiger partial charge in [-0.2, -0.15) is 5.48 Å². The van der Waals surface area contributed by atoms with Crippen molar-refractivity contribution in [3.63, 3.8) is 0 Å². The summed E-state index contributed by atoms with van der Waals surface area (Å²) in [5, 5.41) is 0. The second-order valence-electron chi connectivity index (χ2n) is 7.49. The van der Waals surface area contributed by atoms with E-state index in [1.165, 1.54) is 12.8 Å². The normalized spacial score (nSPS) is 29.6. The first-order valence-electron chi connectivity index (χ1n) is 8.79. The van der Waals surface area contributed by atoms with Gasteiger partial charge in [-0.3, -0.25) is 0 Å². The maximum absolute atomic E-state index is 12.5. The fraction of sp³-hybridized carbons (Fsp3) is 0.941. The van der Waals surface area contributed by atoms with Crippen molar-refractivity contribution in [2.45, 2.75) is 83.9 Å². The highest BCUT2D eigenvalue weighted by Crippen LogP contribution is 2.35. The Morgan fingerprint density at radius 2 is 1.91 bits per heavy atom. The van der Waals surface area contributed by atoms with Gasteiger partial charge in [0.15, 0.2) is 0 Å². The molecule has 1 saturated carbocycles. The lowest BCUT2D eigenvalue weighted by atomic mass is 9.79. The summed E-state index contributed by atoms with van der Waals surface area (Å²) >= 11 is 0. The van der Waals surface area contributed by atoms with E-state index in [1.807, 2.05) is 32.6 Å². The van der Waals surface area contributed by atoms with Crippen molar-refractivity contribution in [1.82, 2.24) is 10.4 Å². The molecule has 0 aromatic carbocycles. The quantitative estimate of drug-likeness (QED) is 0.807. The van der Waals surface area contributed by atoms with Crippen LogP contribution in [0.15, 0.2) is 0 Å². The number of rotatable bonds is 4. The summed E-state index contributed by atoms with van der Waals surface area (Å²) in [7, 11) is 0. The molecule has 1 N–H and O–H groups in total. The van der Waals surface area contributed by atoms with E-state index in [1.54, 1.807) is 0 Å². The Morgan fingerprint density at radius 1 is 1.18 bits per heavy atom. The van der Waals surface area contributed by atoms with Crippen LogP contribution in [0.1, 0.15) is 66.2 Å². The molecule has 2 aliphatic rings. The molecular weight excluding hydrogens is 280 g/mol.